The molecular weight excluding hydrogens is 264 g/mol. The molecule has 0 bridgehead atoms. The van der Waals surface area contributed by atoms with Gasteiger partial charge in [0.2, 0.25) is 0 Å². The highest BCUT2D eigenvalue weighted by Gasteiger charge is 2.24. The molecule has 2 atom stereocenters. The van der Waals surface area contributed by atoms with Gasteiger partial charge in [0.05, 0.1) is 0 Å². The Hall–Kier alpha value is -1.39. The second-order valence-corrected chi connectivity index (χ2v) is 5.82. The van der Waals surface area contributed by atoms with E-state index in [2.05, 4.69) is 17.1 Å². The molecule has 1 aromatic rings. The van der Waals surface area contributed by atoms with Gasteiger partial charge in [0, 0.05) is 6.04 Å². The molecule has 0 spiro atoms. The minimum atomic E-state index is -0.795. The molecule has 1 saturated heterocycles. The molecule has 0 aromatic heterocycles. The van der Waals surface area contributed by atoms with Crippen molar-refractivity contribution in [2.75, 3.05) is 19.6 Å². The van der Waals surface area contributed by atoms with E-state index in [4.69, 9.17) is 0 Å². The molecule has 1 fully saturated rings. The van der Waals surface area contributed by atoms with Gasteiger partial charge in [0.1, 0.15) is 6.04 Å². The van der Waals surface area contributed by atoms with Crippen molar-refractivity contribution in [2.45, 2.75) is 44.7 Å². The van der Waals surface area contributed by atoms with Gasteiger partial charge >= 0.3 is 5.97 Å². The second kappa shape index (κ2) is 8.15. The summed E-state index contributed by atoms with van der Waals surface area (Å²) < 4.78 is 0. The van der Waals surface area contributed by atoms with E-state index in [9.17, 15) is 9.90 Å². The van der Waals surface area contributed by atoms with Gasteiger partial charge in [-0.2, -0.15) is 0 Å². The molecule has 0 radical (unpaired) electrons. The number of rotatable bonds is 6. The van der Waals surface area contributed by atoms with Crippen LogP contribution in [-0.4, -0.2) is 41.7 Å². The summed E-state index contributed by atoms with van der Waals surface area (Å²) >= 11 is 0. The Balaban J connectivity index is 1.96. The van der Waals surface area contributed by atoms with Gasteiger partial charge in [0.15, 0.2) is 0 Å². The number of carboxylic acids is 1. The lowest BCUT2D eigenvalue weighted by Crippen LogP contribution is -2.37. The van der Waals surface area contributed by atoms with E-state index in [1.807, 2.05) is 30.3 Å². The summed E-state index contributed by atoms with van der Waals surface area (Å²) in [5.74, 6) is -0.795. The van der Waals surface area contributed by atoms with E-state index < -0.39 is 12.0 Å². The van der Waals surface area contributed by atoms with Crippen molar-refractivity contribution in [2.24, 2.45) is 0 Å². The van der Waals surface area contributed by atoms with Gasteiger partial charge in [-0.1, -0.05) is 37.3 Å². The predicted molar refractivity (Wildman–Crippen MR) is 84.3 cm³/mol. The van der Waals surface area contributed by atoms with Gasteiger partial charge in [-0.05, 0) is 50.9 Å². The minimum absolute atomic E-state index is 0.285. The molecule has 4 heteroatoms. The summed E-state index contributed by atoms with van der Waals surface area (Å²) in [4.78, 5) is 14.0. The van der Waals surface area contributed by atoms with Crippen molar-refractivity contribution >= 4 is 5.97 Å². The van der Waals surface area contributed by atoms with Crippen LogP contribution in [0.25, 0.3) is 0 Å². The summed E-state index contributed by atoms with van der Waals surface area (Å²) in [5, 5.41) is 12.8. The Morgan fingerprint density at radius 3 is 2.76 bits per heavy atom. The molecule has 4 nitrogen and oxygen atoms in total. The first-order valence-electron chi connectivity index (χ1n) is 7.97. The van der Waals surface area contributed by atoms with E-state index in [1.165, 1.54) is 6.42 Å². The average Bonchev–Trinajstić information content (AvgIpc) is 2.71. The van der Waals surface area contributed by atoms with Crippen molar-refractivity contribution in [3.05, 3.63) is 35.9 Å². The minimum Gasteiger partial charge on any atom is -0.480 e. The van der Waals surface area contributed by atoms with Gasteiger partial charge < -0.3 is 10.0 Å². The van der Waals surface area contributed by atoms with Crippen LogP contribution >= 0.6 is 0 Å². The lowest BCUT2D eigenvalue weighted by molar-refractivity contribution is -0.139. The molecule has 1 aliphatic heterocycles. The van der Waals surface area contributed by atoms with E-state index in [0.29, 0.717) is 0 Å². The molecular formula is C17H26N2O2. The fourth-order valence-corrected chi connectivity index (χ4v) is 3.05. The van der Waals surface area contributed by atoms with Crippen LogP contribution in [0.15, 0.2) is 30.3 Å². The topological polar surface area (TPSA) is 52.6 Å². The standard InChI is InChI=1S/C17H26N2O2/c1-2-11-19-12-6-9-15(10-13-19)18-16(17(20)21)14-7-4-3-5-8-14/h3-5,7-8,15-16,18H,2,6,9-13H2,1H3,(H,20,21). The summed E-state index contributed by atoms with van der Waals surface area (Å²) in [6.45, 7) is 5.55. The first-order valence-corrected chi connectivity index (χ1v) is 7.97. The Morgan fingerprint density at radius 1 is 1.33 bits per heavy atom. The van der Waals surface area contributed by atoms with Gasteiger partial charge in [0.25, 0.3) is 0 Å². The van der Waals surface area contributed by atoms with Crippen LogP contribution in [0.3, 0.4) is 0 Å². The van der Waals surface area contributed by atoms with Crippen molar-refractivity contribution in [1.82, 2.24) is 10.2 Å². The summed E-state index contributed by atoms with van der Waals surface area (Å²) in [5.41, 5.74) is 0.833. The number of hydrogen-bond acceptors (Lipinski definition) is 3. The Bertz CT molecular complexity index is 436. The van der Waals surface area contributed by atoms with Crippen molar-refractivity contribution in [3.8, 4) is 0 Å². The number of benzene rings is 1. The zero-order valence-corrected chi connectivity index (χ0v) is 12.8. The molecule has 0 aliphatic carbocycles. The van der Waals surface area contributed by atoms with E-state index in [1.54, 1.807) is 0 Å². The molecule has 1 aromatic carbocycles. The van der Waals surface area contributed by atoms with E-state index in [-0.39, 0.29) is 6.04 Å². The smallest absolute Gasteiger partial charge is 0.325 e. The molecule has 1 heterocycles. The fraction of sp³-hybridized carbons (Fsp3) is 0.588. The predicted octanol–water partition coefficient (Wildman–Crippen LogP) is 2.67. The van der Waals surface area contributed by atoms with Crippen molar-refractivity contribution < 1.29 is 9.90 Å². The summed E-state index contributed by atoms with van der Waals surface area (Å²) in [6.07, 6.45) is 4.39. The number of likely N-dealkylation sites (tertiary alicyclic amines) is 1. The van der Waals surface area contributed by atoms with Crippen LogP contribution in [0.2, 0.25) is 0 Å². The molecule has 0 amide bonds. The maximum Gasteiger partial charge on any atom is 0.325 e. The molecule has 116 valence electrons. The van der Waals surface area contributed by atoms with Crippen LogP contribution in [0.1, 0.15) is 44.2 Å². The molecule has 1 aliphatic rings. The highest BCUT2D eigenvalue weighted by atomic mass is 16.4. The van der Waals surface area contributed by atoms with Crippen LogP contribution in [-0.2, 0) is 4.79 Å². The normalized spacial score (nSPS) is 21.7. The summed E-state index contributed by atoms with van der Waals surface area (Å²) in [6, 6.07) is 9.14. The molecule has 2 unspecified atom stereocenters. The largest absolute Gasteiger partial charge is 0.480 e. The van der Waals surface area contributed by atoms with Gasteiger partial charge in [-0.3, -0.25) is 10.1 Å². The Morgan fingerprint density at radius 2 is 2.10 bits per heavy atom. The third-order valence-electron chi connectivity index (χ3n) is 4.14. The SMILES string of the molecule is CCCN1CCCC(NC(C(=O)O)c2ccccc2)CC1. The van der Waals surface area contributed by atoms with E-state index >= 15 is 0 Å². The number of nitrogens with one attached hydrogen (secondary N) is 1. The lowest BCUT2D eigenvalue weighted by atomic mass is 10.0. The number of hydrogen-bond donors (Lipinski definition) is 2. The quantitative estimate of drug-likeness (QED) is 0.846. The number of nitrogens with zero attached hydrogens (tertiary/aromatic N) is 1. The second-order valence-electron chi connectivity index (χ2n) is 5.82. The highest BCUT2D eigenvalue weighted by Crippen LogP contribution is 2.18. The van der Waals surface area contributed by atoms with Crippen molar-refractivity contribution in [3.63, 3.8) is 0 Å². The third kappa shape index (κ3) is 4.83. The third-order valence-corrected chi connectivity index (χ3v) is 4.14. The molecule has 2 N–H and O–H groups in total. The summed E-state index contributed by atoms with van der Waals surface area (Å²) in [7, 11) is 0. The molecule has 0 saturated carbocycles. The van der Waals surface area contributed by atoms with Crippen LogP contribution in [0.5, 0.6) is 0 Å². The van der Waals surface area contributed by atoms with Crippen LogP contribution < -0.4 is 5.32 Å². The van der Waals surface area contributed by atoms with Crippen LogP contribution in [0.4, 0.5) is 0 Å². The highest BCUT2D eigenvalue weighted by molar-refractivity contribution is 5.75. The van der Waals surface area contributed by atoms with Gasteiger partial charge in [-0.25, -0.2) is 0 Å². The first kappa shape index (κ1) is 16.0. The zero-order chi connectivity index (χ0) is 15.1. The average molecular weight is 290 g/mol. The molecule has 21 heavy (non-hydrogen) atoms. The monoisotopic (exact) mass is 290 g/mol. The van der Waals surface area contributed by atoms with Crippen molar-refractivity contribution in [1.29, 1.82) is 0 Å². The number of carboxylic acid groups (broad SMARTS) is 1. The Labute approximate surface area is 127 Å². The number of aliphatic carboxylic acids is 1. The van der Waals surface area contributed by atoms with Crippen LogP contribution in [0, 0.1) is 0 Å². The fourth-order valence-electron chi connectivity index (χ4n) is 3.05. The zero-order valence-electron chi connectivity index (χ0n) is 12.8. The van der Waals surface area contributed by atoms with Gasteiger partial charge in [-0.15, -0.1) is 0 Å². The maximum absolute atomic E-state index is 11.6. The molecule has 2 rings (SSSR count). The number of carbonyl (C=O) groups is 1. The maximum atomic E-state index is 11.6. The van der Waals surface area contributed by atoms with E-state index in [0.717, 1.165) is 44.5 Å². The Kier molecular flexibility index (Phi) is 6.21. The first-order chi connectivity index (χ1) is 10.2. The lowest BCUT2D eigenvalue weighted by Gasteiger charge is -2.23.